The standard InChI is InChI=1S/C22H17F5N6O3/c23-18(24)15-17(36-20(30-15)21(35)4-5-21)19(34)32-7-3-11-14(29-9-28-11)16(32)12-8-13-10(22(25,26)27)2-1-6-33(13)31-12/h1-2,6,8-9,16,18,35H,3-5,7H2,(H,28,29). The molecule has 4 aromatic rings. The quantitative estimate of drug-likeness (QED) is 0.406. The Hall–Kier alpha value is -3.81. The Labute approximate surface area is 198 Å². The molecule has 0 radical (unpaired) electrons. The number of hydrogen-bond acceptors (Lipinski definition) is 6. The minimum atomic E-state index is -4.65. The van der Waals surface area contributed by atoms with Gasteiger partial charge in [-0.05, 0) is 31.0 Å². The first kappa shape index (κ1) is 22.6. The molecule has 2 aliphatic rings. The molecule has 188 valence electrons. The summed E-state index contributed by atoms with van der Waals surface area (Å²) in [5.41, 5.74) is -2.53. The molecule has 5 heterocycles. The van der Waals surface area contributed by atoms with Crippen molar-refractivity contribution in [3.8, 4) is 0 Å². The first-order valence-corrected chi connectivity index (χ1v) is 11.0. The highest BCUT2D eigenvalue weighted by molar-refractivity contribution is 5.93. The molecule has 0 saturated heterocycles. The number of halogens is 5. The molecule has 1 unspecified atom stereocenters. The maximum Gasteiger partial charge on any atom is 0.418 e. The molecule has 1 aliphatic heterocycles. The van der Waals surface area contributed by atoms with E-state index in [2.05, 4.69) is 20.1 Å². The van der Waals surface area contributed by atoms with Gasteiger partial charge in [0, 0.05) is 24.9 Å². The van der Waals surface area contributed by atoms with Crippen LogP contribution in [0.25, 0.3) is 5.52 Å². The number of aliphatic hydroxyl groups is 1. The lowest BCUT2D eigenvalue weighted by Gasteiger charge is -2.33. The van der Waals surface area contributed by atoms with E-state index in [0.717, 1.165) is 10.6 Å². The molecule has 2 N–H and O–H groups in total. The van der Waals surface area contributed by atoms with E-state index >= 15 is 0 Å². The summed E-state index contributed by atoms with van der Waals surface area (Å²) >= 11 is 0. The molecule has 1 amide bonds. The number of imidazole rings is 1. The van der Waals surface area contributed by atoms with Crippen LogP contribution in [0.15, 0.2) is 35.1 Å². The lowest BCUT2D eigenvalue weighted by atomic mass is 9.99. The summed E-state index contributed by atoms with van der Waals surface area (Å²) in [6, 6.07) is 2.23. The van der Waals surface area contributed by atoms with Gasteiger partial charge in [0.25, 0.3) is 12.3 Å². The first-order chi connectivity index (χ1) is 17.1. The van der Waals surface area contributed by atoms with E-state index < -0.39 is 47.2 Å². The number of nitrogens with one attached hydrogen (secondary N) is 1. The molecule has 36 heavy (non-hydrogen) atoms. The van der Waals surface area contributed by atoms with E-state index in [1.54, 1.807) is 0 Å². The van der Waals surface area contributed by atoms with Crippen LogP contribution in [0.2, 0.25) is 0 Å². The number of oxazole rings is 1. The molecule has 1 fully saturated rings. The second kappa shape index (κ2) is 7.59. The van der Waals surface area contributed by atoms with Crippen LogP contribution in [0.5, 0.6) is 0 Å². The molecule has 0 bridgehead atoms. The lowest BCUT2D eigenvalue weighted by molar-refractivity contribution is -0.136. The largest absolute Gasteiger partial charge is 0.432 e. The van der Waals surface area contributed by atoms with Gasteiger partial charge in [0.05, 0.1) is 28.8 Å². The van der Waals surface area contributed by atoms with Crippen LogP contribution in [-0.2, 0) is 18.2 Å². The van der Waals surface area contributed by atoms with Crippen molar-refractivity contribution < 1.29 is 36.3 Å². The van der Waals surface area contributed by atoms with Crippen LogP contribution in [-0.4, -0.2) is 47.0 Å². The summed E-state index contributed by atoms with van der Waals surface area (Å²) in [5.74, 6) is -2.05. The number of H-pyrrole nitrogens is 1. The van der Waals surface area contributed by atoms with Gasteiger partial charge in [0.1, 0.15) is 11.6 Å². The van der Waals surface area contributed by atoms with Crippen molar-refractivity contribution in [2.75, 3.05) is 6.54 Å². The highest BCUT2D eigenvalue weighted by Crippen LogP contribution is 2.46. The van der Waals surface area contributed by atoms with Gasteiger partial charge in [-0.15, -0.1) is 0 Å². The fraction of sp³-hybridized carbons (Fsp3) is 0.364. The van der Waals surface area contributed by atoms with Crippen molar-refractivity contribution in [2.45, 2.75) is 43.5 Å². The summed E-state index contributed by atoms with van der Waals surface area (Å²) in [6.07, 6.45) is -4.29. The van der Waals surface area contributed by atoms with Crippen molar-refractivity contribution in [1.29, 1.82) is 0 Å². The van der Waals surface area contributed by atoms with Crippen molar-refractivity contribution in [3.05, 3.63) is 70.7 Å². The van der Waals surface area contributed by atoms with Gasteiger partial charge in [-0.2, -0.15) is 18.3 Å². The average molecular weight is 508 g/mol. The minimum absolute atomic E-state index is 0.0155. The molecule has 1 saturated carbocycles. The zero-order valence-corrected chi connectivity index (χ0v) is 18.3. The molecule has 4 aromatic heterocycles. The van der Waals surface area contributed by atoms with E-state index in [9.17, 15) is 31.9 Å². The zero-order chi connectivity index (χ0) is 25.4. The topological polar surface area (TPSA) is 113 Å². The van der Waals surface area contributed by atoms with Crippen molar-refractivity contribution in [3.63, 3.8) is 0 Å². The summed E-state index contributed by atoms with van der Waals surface area (Å²) < 4.78 is 74.7. The molecule has 1 aliphatic carbocycles. The number of amides is 1. The number of aromatic nitrogens is 5. The van der Waals surface area contributed by atoms with E-state index in [0.29, 0.717) is 11.4 Å². The molecule has 6 rings (SSSR count). The second-order valence-corrected chi connectivity index (χ2v) is 8.80. The van der Waals surface area contributed by atoms with Crippen molar-refractivity contribution >= 4 is 11.4 Å². The van der Waals surface area contributed by atoms with Gasteiger partial charge in [0.2, 0.25) is 11.7 Å². The number of hydrogen-bond donors (Lipinski definition) is 2. The van der Waals surface area contributed by atoms with Gasteiger partial charge >= 0.3 is 6.18 Å². The average Bonchev–Trinajstić information content (AvgIpc) is 3.24. The van der Waals surface area contributed by atoms with Crippen LogP contribution in [0.4, 0.5) is 22.0 Å². The predicted molar refractivity (Wildman–Crippen MR) is 110 cm³/mol. The Kier molecular flexibility index (Phi) is 4.78. The van der Waals surface area contributed by atoms with E-state index in [1.165, 1.54) is 29.6 Å². The van der Waals surface area contributed by atoms with Crippen molar-refractivity contribution in [1.82, 2.24) is 29.5 Å². The second-order valence-electron chi connectivity index (χ2n) is 8.80. The van der Waals surface area contributed by atoms with Gasteiger partial charge in [0.15, 0.2) is 5.69 Å². The van der Waals surface area contributed by atoms with E-state index in [1.807, 2.05) is 0 Å². The Bertz CT molecular complexity index is 1480. The third-order valence-corrected chi connectivity index (χ3v) is 6.47. The number of carbonyl (C=O) groups is 1. The van der Waals surface area contributed by atoms with Gasteiger partial charge in [-0.25, -0.2) is 23.3 Å². The molecule has 14 heteroatoms. The SMILES string of the molecule is O=C(c1oc(C2(O)CC2)nc1C(F)F)N1CCc2[nH]cnc2C1c1cc2c(C(F)(F)F)cccn2n1. The predicted octanol–water partition coefficient (Wildman–Crippen LogP) is 3.77. The number of fused-ring (bicyclic) bond motifs is 2. The highest BCUT2D eigenvalue weighted by Gasteiger charge is 2.49. The number of pyridine rings is 1. The Morgan fingerprint density at radius 2 is 2.08 bits per heavy atom. The molecule has 0 spiro atoms. The Morgan fingerprint density at radius 1 is 1.31 bits per heavy atom. The maximum atomic E-state index is 13.8. The molecule has 1 atom stereocenters. The molecular weight excluding hydrogens is 491 g/mol. The van der Waals surface area contributed by atoms with Crippen LogP contribution in [0, 0.1) is 0 Å². The Balaban J connectivity index is 1.47. The fourth-order valence-corrected chi connectivity index (χ4v) is 4.50. The maximum absolute atomic E-state index is 13.8. The van der Waals surface area contributed by atoms with Gasteiger partial charge in [-0.1, -0.05) is 0 Å². The number of nitrogens with zero attached hydrogens (tertiary/aromatic N) is 5. The lowest BCUT2D eigenvalue weighted by Crippen LogP contribution is -2.41. The third kappa shape index (κ3) is 3.46. The van der Waals surface area contributed by atoms with Crippen molar-refractivity contribution in [2.24, 2.45) is 0 Å². The number of aromatic amines is 1. The van der Waals surface area contributed by atoms with Gasteiger partial charge < -0.3 is 19.4 Å². The molecule has 9 nitrogen and oxygen atoms in total. The molecule has 0 aromatic carbocycles. The summed E-state index contributed by atoms with van der Waals surface area (Å²) in [6.45, 7) is 0.0155. The minimum Gasteiger partial charge on any atom is -0.432 e. The highest BCUT2D eigenvalue weighted by atomic mass is 19.4. The zero-order valence-electron chi connectivity index (χ0n) is 18.3. The normalized spacial score (nSPS) is 19.2. The summed E-state index contributed by atoms with van der Waals surface area (Å²) in [7, 11) is 0. The van der Waals surface area contributed by atoms with Gasteiger partial charge in [-0.3, -0.25) is 4.79 Å². The Morgan fingerprint density at radius 3 is 2.78 bits per heavy atom. The first-order valence-electron chi connectivity index (χ1n) is 11.0. The van der Waals surface area contributed by atoms with E-state index in [-0.39, 0.29) is 42.9 Å². The van der Waals surface area contributed by atoms with Crippen LogP contribution < -0.4 is 0 Å². The van der Waals surface area contributed by atoms with Crippen LogP contribution >= 0.6 is 0 Å². The number of alkyl halides is 5. The summed E-state index contributed by atoms with van der Waals surface area (Å²) in [4.78, 5) is 25.6. The van der Waals surface area contributed by atoms with E-state index in [4.69, 9.17) is 4.42 Å². The monoisotopic (exact) mass is 508 g/mol. The number of rotatable bonds is 4. The van der Waals surface area contributed by atoms with Crippen LogP contribution in [0.1, 0.15) is 70.1 Å². The fourth-order valence-electron chi connectivity index (χ4n) is 4.50. The third-order valence-electron chi connectivity index (χ3n) is 6.47. The summed E-state index contributed by atoms with van der Waals surface area (Å²) in [5, 5.41) is 14.5. The van der Waals surface area contributed by atoms with Crippen LogP contribution in [0.3, 0.4) is 0 Å². The number of carbonyl (C=O) groups excluding carboxylic acids is 1. The molecular formula is C22H17F5N6O3. The smallest absolute Gasteiger partial charge is 0.418 e.